The molecule has 0 amide bonds. The van der Waals surface area contributed by atoms with Crippen molar-refractivity contribution in [1.82, 2.24) is 0 Å². The van der Waals surface area contributed by atoms with Gasteiger partial charge in [-0.25, -0.2) is 4.39 Å². The second-order valence-electron chi connectivity index (χ2n) is 5.84. The zero-order valence-electron chi connectivity index (χ0n) is 11.5. The SMILES string of the molecule is CC(C)C1CCC(C(=O)c2ccc(Cl)cc2F)CC1. The van der Waals surface area contributed by atoms with Crippen molar-refractivity contribution in [3.8, 4) is 0 Å². The van der Waals surface area contributed by atoms with Gasteiger partial charge in [-0.1, -0.05) is 25.4 Å². The number of hydrogen-bond donors (Lipinski definition) is 0. The van der Waals surface area contributed by atoms with Gasteiger partial charge in [0.25, 0.3) is 0 Å². The van der Waals surface area contributed by atoms with Gasteiger partial charge in [0.05, 0.1) is 5.56 Å². The van der Waals surface area contributed by atoms with E-state index in [0.717, 1.165) is 25.7 Å². The Morgan fingerprint density at radius 2 is 1.89 bits per heavy atom. The lowest BCUT2D eigenvalue weighted by molar-refractivity contribution is 0.0855. The molecule has 0 aliphatic heterocycles. The van der Waals surface area contributed by atoms with Gasteiger partial charge < -0.3 is 0 Å². The molecule has 1 aromatic rings. The molecule has 0 bridgehead atoms. The minimum Gasteiger partial charge on any atom is -0.294 e. The maximum atomic E-state index is 13.8. The zero-order chi connectivity index (χ0) is 14.0. The normalized spacial score (nSPS) is 23.6. The second-order valence-corrected chi connectivity index (χ2v) is 6.28. The average Bonchev–Trinajstić information content (AvgIpc) is 2.38. The van der Waals surface area contributed by atoms with Crippen molar-refractivity contribution in [1.29, 1.82) is 0 Å². The molecule has 0 saturated heterocycles. The highest BCUT2D eigenvalue weighted by molar-refractivity contribution is 6.30. The third kappa shape index (κ3) is 3.36. The molecular weight excluding hydrogens is 263 g/mol. The van der Waals surface area contributed by atoms with Gasteiger partial charge in [-0.15, -0.1) is 0 Å². The van der Waals surface area contributed by atoms with Crippen LogP contribution in [0.5, 0.6) is 0 Å². The quantitative estimate of drug-likeness (QED) is 0.703. The lowest BCUT2D eigenvalue weighted by Crippen LogP contribution is -2.24. The van der Waals surface area contributed by atoms with E-state index in [9.17, 15) is 9.18 Å². The Bertz CT molecular complexity index is 462. The van der Waals surface area contributed by atoms with Gasteiger partial charge in [0, 0.05) is 10.9 Å². The van der Waals surface area contributed by atoms with Crippen LogP contribution in [0.3, 0.4) is 0 Å². The first kappa shape index (κ1) is 14.5. The van der Waals surface area contributed by atoms with E-state index < -0.39 is 5.82 Å². The first-order chi connectivity index (χ1) is 8.99. The molecule has 0 atom stereocenters. The first-order valence-electron chi connectivity index (χ1n) is 6.98. The summed E-state index contributed by atoms with van der Waals surface area (Å²) < 4.78 is 13.8. The van der Waals surface area contributed by atoms with E-state index in [1.54, 1.807) is 6.07 Å². The van der Waals surface area contributed by atoms with Gasteiger partial charge >= 0.3 is 0 Å². The Morgan fingerprint density at radius 1 is 1.26 bits per heavy atom. The number of ketones is 1. The fourth-order valence-electron chi connectivity index (χ4n) is 2.96. The Balaban J connectivity index is 2.05. The molecule has 0 unspecified atom stereocenters. The van der Waals surface area contributed by atoms with Crippen LogP contribution in [-0.2, 0) is 0 Å². The minimum atomic E-state index is -0.497. The highest BCUT2D eigenvalue weighted by atomic mass is 35.5. The van der Waals surface area contributed by atoms with Crippen LogP contribution in [0.2, 0.25) is 5.02 Å². The van der Waals surface area contributed by atoms with Crippen LogP contribution in [-0.4, -0.2) is 5.78 Å². The zero-order valence-corrected chi connectivity index (χ0v) is 12.2. The van der Waals surface area contributed by atoms with Gasteiger partial charge in [0.1, 0.15) is 5.82 Å². The molecule has 0 aromatic heterocycles. The molecule has 104 valence electrons. The Labute approximate surface area is 119 Å². The summed E-state index contributed by atoms with van der Waals surface area (Å²) in [6.07, 6.45) is 3.90. The van der Waals surface area contributed by atoms with Crippen LogP contribution < -0.4 is 0 Å². The van der Waals surface area contributed by atoms with E-state index in [4.69, 9.17) is 11.6 Å². The van der Waals surface area contributed by atoms with Crippen molar-refractivity contribution in [2.75, 3.05) is 0 Å². The molecule has 1 aliphatic carbocycles. The van der Waals surface area contributed by atoms with Crippen LogP contribution in [0.15, 0.2) is 18.2 Å². The van der Waals surface area contributed by atoms with Crippen molar-refractivity contribution in [3.63, 3.8) is 0 Å². The van der Waals surface area contributed by atoms with Gasteiger partial charge in [0.2, 0.25) is 0 Å². The maximum Gasteiger partial charge on any atom is 0.168 e. The van der Waals surface area contributed by atoms with E-state index in [-0.39, 0.29) is 17.3 Å². The molecule has 1 saturated carbocycles. The van der Waals surface area contributed by atoms with Gasteiger partial charge in [0.15, 0.2) is 5.78 Å². The lowest BCUT2D eigenvalue weighted by Gasteiger charge is -2.30. The van der Waals surface area contributed by atoms with Crippen LogP contribution in [0.1, 0.15) is 49.9 Å². The molecule has 0 spiro atoms. The number of rotatable bonds is 3. The van der Waals surface area contributed by atoms with Crippen molar-refractivity contribution >= 4 is 17.4 Å². The number of halogens is 2. The highest BCUT2D eigenvalue weighted by Gasteiger charge is 2.29. The molecule has 0 heterocycles. The van der Waals surface area contributed by atoms with Gasteiger partial charge in [-0.05, 0) is 55.7 Å². The third-order valence-corrected chi connectivity index (χ3v) is 4.52. The standard InChI is InChI=1S/C16H20ClFO/c1-10(2)11-3-5-12(6-4-11)16(19)14-8-7-13(17)9-15(14)18/h7-12H,3-6H2,1-2H3. The smallest absolute Gasteiger partial charge is 0.168 e. The average molecular weight is 283 g/mol. The molecule has 1 fully saturated rings. The predicted molar refractivity (Wildman–Crippen MR) is 76.0 cm³/mol. The van der Waals surface area contributed by atoms with Crippen LogP contribution in [0.25, 0.3) is 0 Å². The molecule has 0 radical (unpaired) electrons. The topological polar surface area (TPSA) is 17.1 Å². The number of carbonyl (C=O) groups excluding carboxylic acids is 1. The second kappa shape index (κ2) is 6.04. The molecule has 19 heavy (non-hydrogen) atoms. The number of hydrogen-bond acceptors (Lipinski definition) is 1. The minimum absolute atomic E-state index is 0.0225. The van der Waals surface area contributed by atoms with Crippen LogP contribution in [0.4, 0.5) is 4.39 Å². The first-order valence-corrected chi connectivity index (χ1v) is 7.36. The van der Waals surface area contributed by atoms with Gasteiger partial charge in [-0.3, -0.25) is 4.79 Å². The summed E-state index contributed by atoms with van der Waals surface area (Å²) in [4.78, 5) is 12.3. The molecule has 1 aromatic carbocycles. The Kier molecular flexibility index (Phi) is 4.62. The Hall–Kier alpha value is -0.890. The molecule has 1 nitrogen and oxygen atoms in total. The van der Waals surface area contributed by atoms with Crippen LogP contribution >= 0.6 is 11.6 Å². The van der Waals surface area contributed by atoms with Crippen LogP contribution in [0, 0.1) is 23.6 Å². The van der Waals surface area contributed by atoms with E-state index in [1.165, 1.54) is 12.1 Å². The van der Waals surface area contributed by atoms with E-state index >= 15 is 0 Å². The van der Waals surface area contributed by atoms with Gasteiger partial charge in [-0.2, -0.15) is 0 Å². The van der Waals surface area contributed by atoms with Crippen molar-refractivity contribution < 1.29 is 9.18 Å². The molecule has 3 heteroatoms. The van der Waals surface area contributed by atoms with Crippen molar-refractivity contribution in [2.24, 2.45) is 17.8 Å². The molecule has 1 aliphatic rings. The molecular formula is C16H20ClFO. The number of Topliss-reactive ketones (excluding diaryl/α,β-unsaturated/α-hetero) is 1. The fourth-order valence-corrected chi connectivity index (χ4v) is 3.12. The van der Waals surface area contributed by atoms with E-state index in [2.05, 4.69) is 13.8 Å². The number of carbonyl (C=O) groups is 1. The van der Waals surface area contributed by atoms with Crippen molar-refractivity contribution in [3.05, 3.63) is 34.6 Å². The Morgan fingerprint density at radius 3 is 2.42 bits per heavy atom. The van der Waals surface area contributed by atoms with E-state index in [1.807, 2.05) is 0 Å². The highest BCUT2D eigenvalue weighted by Crippen LogP contribution is 2.35. The van der Waals surface area contributed by atoms with Crippen molar-refractivity contribution in [2.45, 2.75) is 39.5 Å². The summed E-state index contributed by atoms with van der Waals surface area (Å²) in [7, 11) is 0. The maximum absolute atomic E-state index is 13.8. The largest absolute Gasteiger partial charge is 0.294 e. The monoisotopic (exact) mass is 282 g/mol. The third-order valence-electron chi connectivity index (χ3n) is 4.28. The lowest BCUT2D eigenvalue weighted by atomic mass is 9.75. The predicted octanol–water partition coefficient (Wildman–Crippen LogP) is 5.12. The summed E-state index contributed by atoms with van der Waals surface area (Å²) in [5.74, 6) is 0.799. The fraction of sp³-hybridized carbons (Fsp3) is 0.562. The molecule has 0 N–H and O–H groups in total. The summed E-state index contributed by atoms with van der Waals surface area (Å²) in [6.45, 7) is 4.46. The summed E-state index contributed by atoms with van der Waals surface area (Å²) in [5.41, 5.74) is 0.192. The number of benzene rings is 1. The molecule has 2 rings (SSSR count). The summed E-state index contributed by atoms with van der Waals surface area (Å²) in [6, 6.07) is 4.31. The van der Waals surface area contributed by atoms with E-state index in [0.29, 0.717) is 16.9 Å². The summed E-state index contributed by atoms with van der Waals surface area (Å²) >= 11 is 5.71. The summed E-state index contributed by atoms with van der Waals surface area (Å²) in [5, 5.41) is 0.331.